The van der Waals surface area contributed by atoms with E-state index in [1.807, 2.05) is 24.3 Å². The van der Waals surface area contributed by atoms with Gasteiger partial charge in [0.2, 0.25) is 5.88 Å². The minimum absolute atomic E-state index is 0.0585. The van der Waals surface area contributed by atoms with Crippen molar-refractivity contribution in [3.05, 3.63) is 83.3 Å². The number of benzene rings is 2. The zero-order chi connectivity index (χ0) is 24.8. The maximum Gasteiger partial charge on any atom is 0.257 e. The molecule has 4 rings (SSSR count). The molecular weight excluding hydrogens is 447 g/mol. The van der Waals surface area contributed by atoms with Gasteiger partial charge < -0.3 is 14.8 Å². The van der Waals surface area contributed by atoms with Crippen molar-refractivity contribution in [2.24, 2.45) is 5.92 Å². The second-order valence-electron chi connectivity index (χ2n) is 8.51. The van der Waals surface area contributed by atoms with Crippen molar-refractivity contribution < 1.29 is 23.5 Å². The van der Waals surface area contributed by atoms with E-state index in [0.717, 1.165) is 24.0 Å². The van der Waals surface area contributed by atoms with Crippen molar-refractivity contribution in [3.8, 4) is 22.8 Å². The molecule has 1 N–H and O–H groups in total. The first-order valence-electron chi connectivity index (χ1n) is 11.5. The van der Waals surface area contributed by atoms with E-state index in [2.05, 4.69) is 10.3 Å². The Hall–Kier alpha value is -4.00. The SMILES string of the molecule is COc1ccc(CNC(=O)c2cc(-c3ccccc3C=CC(C)=O)cnc2OCC2CC2)cc1F. The van der Waals surface area contributed by atoms with Crippen LogP contribution >= 0.6 is 0 Å². The van der Waals surface area contributed by atoms with Crippen molar-refractivity contribution in [2.75, 3.05) is 13.7 Å². The molecule has 0 saturated heterocycles. The zero-order valence-electron chi connectivity index (χ0n) is 19.7. The number of ether oxygens (including phenoxy) is 2. The number of ketones is 1. The summed E-state index contributed by atoms with van der Waals surface area (Å²) in [6.07, 6.45) is 7.13. The normalized spacial score (nSPS) is 13.0. The molecule has 3 aromatic rings. The van der Waals surface area contributed by atoms with Crippen molar-refractivity contribution in [3.63, 3.8) is 0 Å². The number of allylic oxidation sites excluding steroid dienone is 1. The highest BCUT2D eigenvalue weighted by molar-refractivity contribution is 5.98. The number of pyridine rings is 1. The van der Waals surface area contributed by atoms with Gasteiger partial charge in [-0.25, -0.2) is 9.37 Å². The molecule has 1 aliphatic rings. The van der Waals surface area contributed by atoms with Crippen LogP contribution in [0.1, 0.15) is 41.3 Å². The minimum Gasteiger partial charge on any atom is -0.494 e. The number of nitrogens with zero attached hydrogens (tertiary/aromatic N) is 1. The van der Waals surface area contributed by atoms with Gasteiger partial charge in [-0.05, 0) is 66.6 Å². The molecule has 0 aliphatic heterocycles. The summed E-state index contributed by atoms with van der Waals surface area (Å²) >= 11 is 0. The molecule has 1 aromatic heterocycles. The van der Waals surface area contributed by atoms with Crippen molar-refractivity contribution in [1.29, 1.82) is 0 Å². The highest BCUT2D eigenvalue weighted by Gasteiger charge is 2.24. The molecule has 1 heterocycles. The molecule has 7 heteroatoms. The summed E-state index contributed by atoms with van der Waals surface area (Å²) in [4.78, 5) is 29.1. The lowest BCUT2D eigenvalue weighted by Crippen LogP contribution is -2.24. The van der Waals surface area contributed by atoms with Crippen molar-refractivity contribution >= 4 is 17.8 Å². The van der Waals surface area contributed by atoms with Crippen LogP contribution in [0.4, 0.5) is 4.39 Å². The van der Waals surface area contributed by atoms with Gasteiger partial charge in [0.1, 0.15) is 5.56 Å². The van der Waals surface area contributed by atoms with Gasteiger partial charge >= 0.3 is 0 Å². The van der Waals surface area contributed by atoms with Crippen LogP contribution in [-0.2, 0) is 11.3 Å². The van der Waals surface area contributed by atoms with Gasteiger partial charge in [0.15, 0.2) is 17.3 Å². The van der Waals surface area contributed by atoms with Gasteiger partial charge in [0.25, 0.3) is 5.91 Å². The Morgan fingerprint density at radius 3 is 2.69 bits per heavy atom. The smallest absolute Gasteiger partial charge is 0.257 e. The predicted octanol–water partition coefficient (Wildman–Crippen LogP) is 5.22. The van der Waals surface area contributed by atoms with Crippen molar-refractivity contribution in [2.45, 2.75) is 26.3 Å². The van der Waals surface area contributed by atoms with Crippen LogP contribution in [0.5, 0.6) is 11.6 Å². The third kappa shape index (κ3) is 6.32. The molecule has 1 saturated carbocycles. The van der Waals surface area contributed by atoms with Gasteiger partial charge in [-0.15, -0.1) is 0 Å². The lowest BCUT2D eigenvalue weighted by atomic mass is 9.99. The molecule has 0 atom stereocenters. The lowest BCUT2D eigenvalue weighted by Gasteiger charge is -2.14. The molecule has 0 bridgehead atoms. The van der Waals surface area contributed by atoms with Gasteiger partial charge in [0, 0.05) is 18.3 Å². The summed E-state index contributed by atoms with van der Waals surface area (Å²) in [6.45, 7) is 2.13. The summed E-state index contributed by atoms with van der Waals surface area (Å²) in [6, 6.07) is 13.8. The molecule has 0 radical (unpaired) electrons. The monoisotopic (exact) mass is 474 g/mol. The van der Waals surface area contributed by atoms with E-state index in [9.17, 15) is 14.0 Å². The van der Waals surface area contributed by atoms with E-state index in [1.54, 1.807) is 24.4 Å². The van der Waals surface area contributed by atoms with E-state index in [0.29, 0.717) is 29.2 Å². The fourth-order valence-electron chi connectivity index (χ4n) is 3.57. The number of halogens is 1. The van der Waals surface area contributed by atoms with Crippen LogP contribution < -0.4 is 14.8 Å². The summed E-state index contributed by atoms with van der Waals surface area (Å²) < 4.78 is 24.9. The Balaban J connectivity index is 1.61. The second kappa shape index (κ2) is 11.0. The largest absolute Gasteiger partial charge is 0.494 e. The molecule has 0 unspecified atom stereocenters. The third-order valence-electron chi connectivity index (χ3n) is 5.69. The summed E-state index contributed by atoms with van der Waals surface area (Å²) in [5.74, 6) is -0.0327. The van der Waals surface area contributed by atoms with Crippen molar-refractivity contribution in [1.82, 2.24) is 10.3 Å². The molecule has 35 heavy (non-hydrogen) atoms. The Labute approximate surface area is 203 Å². The quantitative estimate of drug-likeness (QED) is 0.408. The third-order valence-corrected chi connectivity index (χ3v) is 5.69. The molecule has 1 fully saturated rings. The van der Waals surface area contributed by atoms with Crippen LogP contribution in [0.2, 0.25) is 0 Å². The fraction of sp³-hybridized carbons (Fsp3) is 0.250. The number of carbonyl (C=O) groups is 2. The van der Waals surface area contributed by atoms with Gasteiger partial charge in [-0.2, -0.15) is 0 Å². The first-order chi connectivity index (χ1) is 16.9. The van der Waals surface area contributed by atoms with Gasteiger partial charge in [0.05, 0.1) is 13.7 Å². The Bertz CT molecular complexity index is 1270. The molecule has 6 nitrogen and oxygen atoms in total. The predicted molar refractivity (Wildman–Crippen MR) is 132 cm³/mol. The molecule has 1 amide bonds. The average molecular weight is 475 g/mol. The number of amides is 1. The van der Waals surface area contributed by atoms with Crippen LogP contribution in [0.3, 0.4) is 0 Å². The number of rotatable bonds is 10. The van der Waals surface area contributed by atoms with E-state index >= 15 is 0 Å². The summed E-state index contributed by atoms with van der Waals surface area (Å²) in [7, 11) is 1.40. The summed E-state index contributed by atoms with van der Waals surface area (Å²) in [5, 5.41) is 2.83. The number of aromatic nitrogens is 1. The second-order valence-corrected chi connectivity index (χ2v) is 8.51. The maximum absolute atomic E-state index is 14.0. The van der Waals surface area contributed by atoms with Gasteiger partial charge in [-0.3, -0.25) is 9.59 Å². The first-order valence-corrected chi connectivity index (χ1v) is 11.5. The summed E-state index contributed by atoms with van der Waals surface area (Å²) in [5.41, 5.74) is 3.27. The van der Waals surface area contributed by atoms with E-state index in [1.165, 1.54) is 32.2 Å². The lowest BCUT2D eigenvalue weighted by molar-refractivity contribution is -0.112. The van der Waals surface area contributed by atoms with Crippen LogP contribution in [-0.4, -0.2) is 30.4 Å². The number of carbonyl (C=O) groups excluding carboxylic acids is 2. The van der Waals surface area contributed by atoms with E-state index in [4.69, 9.17) is 9.47 Å². The maximum atomic E-state index is 14.0. The molecule has 0 spiro atoms. The Morgan fingerprint density at radius 2 is 1.97 bits per heavy atom. The molecule has 1 aliphatic carbocycles. The zero-order valence-corrected chi connectivity index (χ0v) is 19.7. The Morgan fingerprint density at radius 1 is 1.17 bits per heavy atom. The fourth-order valence-corrected chi connectivity index (χ4v) is 3.57. The first kappa shape index (κ1) is 24.1. The topological polar surface area (TPSA) is 77.5 Å². The molecule has 180 valence electrons. The Kier molecular flexibility index (Phi) is 7.55. The molecule has 2 aromatic carbocycles. The van der Waals surface area contributed by atoms with Crippen LogP contribution in [0.15, 0.2) is 60.8 Å². The van der Waals surface area contributed by atoms with Gasteiger partial charge in [-0.1, -0.05) is 36.4 Å². The van der Waals surface area contributed by atoms with Crippen LogP contribution in [0, 0.1) is 11.7 Å². The minimum atomic E-state index is -0.494. The highest BCUT2D eigenvalue weighted by atomic mass is 19.1. The number of hydrogen-bond donors (Lipinski definition) is 1. The van der Waals surface area contributed by atoms with Crippen LogP contribution in [0.25, 0.3) is 17.2 Å². The average Bonchev–Trinajstić information content (AvgIpc) is 3.69. The standard InChI is InChI=1S/C28H27FN2O4/c1-18(32)7-11-21-5-3-4-6-23(21)22-14-24(28(31-16-22)35-17-19-8-9-19)27(33)30-15-20-10-12-26(34-2)25(29)13-20/h3-7,10-14,16,19H,8-9,15,17H2,1-2H3,(H,30,33). The molecular formula is C28H27FN2O4. The van der Waals surface area contributed by atoms with E-state index in [-0.39, 0.29) is 29.9 Å². The highest BCUT2D eigenvalue weighted by Crippen LogP contribution is 2.32. The number of methoxy groups -OCH3 is 1. The van der Waals surface area contributed by atoms with E-state index < -0.39 is 5.82 Å². The number of hydrogen-bond acceptors (Lipinski definition) is 5. The number of nitrogens with one attached hydrogen (secondary N) is 1.